The van der Waals surface area contributed by atoms with Crippen molar-refractivity contribution in [3.8, 4) is 0 Å². The van der Waals surface area contributed by atoms with Gasteiger partial charge in [-0.15, -0.1) is 0 Å². The van der Waals surface area contributed by atoms with Crippen LogP contribution in [0.4, 0.5) is 37.7 Å². The van der Waals surface area contributed by atoms with Crippen molar-refractivity contribution < 1.29 is 40.7 Å². The third-order valence-corrected chi connectivity index (χ3v) is 4.91. The van der Waals surface area contributed by atoms with Crippen LogP contribution in [0.25, 0.3) is 0 Å². The van der Waals surface area contributed by atoms with Gasteiger partial charge < -0.3 is 10.1 Å². The van der Waals surface area contributed by atoms with Crippen molar-refractivity contribution in [1.29, 1.82) is 0 Å². The third-order valence-electron chi connectivity index (χ3n) is 4.91. The summed E-state index contributed by atoms with van der Waals surface area (Å²) in [6.07, 6.45) is -8.21. The number of carbonyl (C=O) groups is 2. The van der Waals surface area contributed by atoms with Crippen LogP contribution in [0.2, 0.25) is 0 Å². The zero-order valence-corrected chi connectivity index (χ0v) is 17.3. The topological polar surface area (TPSA) is 58.6 Å². The first-order valence-corrected chi connectivity index (χ1v) is 9.63. The molecule has 0 saturated heterocycles. The molecule has 1 atom stereocenters. The fourth-order valence-corrected chi connectivity index (χ4v) is 3.39. The molecule has 0 aliphatic carbocycles. The lowest BCUT2D eigenvalue weighted by Gasteiger charge is -2.32. The minimum atomic E-state index is -4.70. The van der Waals surface area contributed by atoms with E-state index in [0.717, 1.165) is 41.3 Å². The van der Waals surface area contributed by atoms with Crippen LogP contribution in [0.5, 0.6) is 0 Å². The predicted octanol–water partition coefficient (Wildman–Crippen LogP) is 5.39. The lowest BCUT2D eigenvalue weighted by molar-refractivity contribution is -0.147. The van der Waals surface area contributed by atoms with Gasteiger partial charge >= 0.3 is 18.3 Å². The first-order valence-electron chi connectivity index (χ1n) is 9.63. The second-order valence-corrected chi connectivity index (χ2v) is 7.32. The molecule has 0 bridgehead atoms. The minimum Gasteiger partial charge on any atom is -0.464 e. The number of benzene rings is 2. The van der Waals surface area contributed by atoms with Gasteiger partial charge in [0, 0.05) is 11.4 Å². The van der Waals surface area contributed by atoms with E-state index < -0.39 is 40.9 Å². The molecule has 0 spiro atoms. The third kappa shape index (κ3) is 4.81. The molecule has 0 radical (unpaired) electrons. The van der Waals surface area contributed by atoms with E-state index in [1.54, 1.807) is 0 Å². The van der Waals surface area contributed by atoms with E-state index in [4.69, 9.17) is 4.74 Å². The summed E-state index contributed by atoms with van der Waals surface area (Å²) < 4.78 is 83.7. The van der Waals surface area contributed by atoms with Gasteiger partial charge in [-0.3, -0.25) is 9.69 Å². The standard InChI is InChI=1S/C22H18F6N2O3/c1-3-33-19(32)20(2)12-17(29-15-8-4-6-13(10-15)21(23,24)25)18(31)30(20)16-9-5-7-14(11-16)22(26,27)28/h4-12,29H,3H2,1-2H3/t20-/m0/s1. The molecule has 2 aromatic carbocycles. The Hall–Kier alpha value is -3.50. The maximum Gasteiger partial charge on any atom is 0.416 e. The van der Waals surface area contributed by atoms with Gasteiger partial charge in [0.1, 0.15) is 5.70 Å². The fraction of sp³-hybridized carbons (Fsp3) is 0.273. The van der Waals surface area contributed by atoms with Crippen LogP contribution < -0.4 is 10.2 Å². The van der Waals surface area contributed by atoms with Gasteiger partial charge in [0.15, 0.2) is 5.54 Å². The number of hydrogen-bond acceptors (Lipinski definition) is 4. The van der Waals surface area contributed by atoms with Crippen molar-refractivity contribution in [2.75, 3.05) is 16.8 Å². The van der Waals surface area contributed by atoms with Crippen LogP contribution in [-0.2, 0) is 26.7 Å². The van der Waals surface area contributed by atoms with Crippen LogP contribution in [0, 0.1) is 0 Å². The van der Waals surface area contributed by atoms with E-state index in [9.17, 15) is 35.9 Å². The number of carbonyl (C=O) groups excluding carboxylic acids is 2. The molecule has 1 heterocycles. The number of alkyl halides is 6. The van der Waals surface area contributed by atoms with Gasteiger partial charge in [-0.25, -0.2) is 4.79 Å². The van der Waals surface area contributed by atoms with E-state index in [2.05, 4.69) is 5.32 Å². The minimum absolute atomic E-state index is 0.0662. The summed E-state index contributed by atoms with van der Waals surface area (Å²) in [5.41, 5.74) is -4.48. The summed E-state index contributed by atoms with van der Waals surface area (Å²) in [6.45, 7) is 2.71. The number of halogens is 6. The highest BCUT2D eigenvalue weighted by Gasteiger charge is 2.50. The molecular formula is C22H18F6N2O3. The van der Waals surface area contributed by atoms with E-state index in [0.29, 0.717) is 6.07 Å². The van der Waals surface area contributed by atoms with Crippen LogP contribution in [0.1, 0.15) is 25.0 Å². The number of hydrogen-bond donors (Lipinski definition) is 1. The summed E-state index contributed by atoms with van der Waals surface area (Å²) in [6, 6.07) is 7.81. The zero-order valence-electron chi connectivity index (χ0n) is 17.3. The second-order valence-electron chi connectivity index (χ2n) is 7.32. The molecular weight excluding hydrogens is 454 g/mol. The molecule has 176 valence electrons. The molecule has 3 rings (SSSR count). The normalized spacial score (nSPS) is 18.8. The number of amides is 1. The lowest BCUT2D eigenvalue weighted by atomic mass is 10.0. The molecule has 1 amide bonds. The summed E-state index contributed by atoms with van der Waals surface area (Å²) in [5.74, 6) is -1.83. The van der Waals surface area contributed by atoms with E-state index in [1.165, 1.54) is 26.0 Å². The summed E-state index contributed by atoms with van der Waals surface area (Å²) >= 11 is 0. The van der Waals surface area contributed by atoms with Crippen molar-refractivity contribution in [1.82, 2.24) is 0 Å². The molecule has 33 heavy (non-hydrogen) atoms. The Bertz CT molecular complexity index is 1110. The first-order chi connectivity index (χ1) is 15.3. The summed E-state index contributed by atoms with van der Waals surface area (Å²) in [5, 5.41) is 2.54. The quantitative estimate of drug-likeness (QED) is 0.469. The zero-order chi connectivity index (χ0) is 24.6. The maximum absolute atomic E-state index is 13.2. The Labute approximate surface area is 184 Å². The number of esters is 1. The van der Waals surface area contributed by atoms with Gasteiger partial charge in [0.2, 0.25) is 0 Å². The van der Waals surface area contributed by atoms with Crippen molar-refractivity contribution in [3.63, 3.8) is 0 Å². The monoisotopic (exact) mass is 472 g/mol. The van der Waals surface area contributed by atoms with Gasteiger partial charge in [0.05, 0.1) is 17.7 Å². The van der Waals surface area contributed by atoms with Crippen molar-refractivity contribution in [3.05, 3.63) is 71.4 Å². The van der Waals surface area contributed by atoms with Gasteiger partial charge in [-0.1, -0.05) is 12.1 Å². The summed E-state index contributed by atoms with van der Waals surface area (Å²) in [7, 11) is 0. The summed E-state index contributed by atoms with van der Waals surface area (Å²) in [4.78, 5) is 26.7. The Morgan fingerprint density at radius 2 is 1.58 bits per heavy atom. The van der Waals surface area contributed by atoms with E-state index in [-0.39, 0.29) is 23.7 Å². The van der Waals surface area contributed by atoms with E-state index >= 15 is 0 Å². The average Bonchev–Trinajstić information content (AvgIpc) is 2.98. The SMILES string of the molecule is CCOC(=O)[C@]1(C)C=C(Nc2cccc(C(F)(F)F)c2)C(=O)N1c1cccc(C(F)(F)F)c1. The molecule has 1 aliphatic heterocycles. The lowest BCUT2D eigenvalue weighted by Crippen LogP contribution is -2.51. The fourth-order valence-electron chi connectivity index (χ4n) is 3.39. The van der Waals surface area contributed by atoms with Gasteiger partial charge in [-0.2, -0.15) is 26.3 Å². The molecule has 0 fully saturated rings. The van der Waals surface area contributed by atoms with Crippen molar-refractivity contribution in [2.24, 2.45) is 0 Å². The highest BCUT2D eigenvalue weighted by Crippen LogP contribution is 2.39. The Morgan fingerprint density at radius 1 is 1.00 bits per heavy atom. The van der Waals surface area contributed by atoms with Gasteiger partial charge in [0.25, 0.3) is 5.91 Å². The Kier molecular flexibility index (Phi) is 6.18. The van der Waals surface area contributed by atoms with Crippen LogP contribution in [0.3, 0.4) is 0 Å². The molecule has 0 unspecified atom stereocenters. The van der Waals surface area contributed by atoms with E-state index in [1.807, 2.05) is 0 Å². The highest BCUT2D eigenvalue weighted by atomic mass is 19.4. The molecule has 11 heteroatoms. The first kappa shape index (κ1) is 24.1. The highest BCUT2D eigenvalue weighted by molar-refractivity contribution is 6.16. The van der Waals surface area contributed by atoms with Crippen LogP contribution in [0.15, 0.2) is 60.3 Å². The molecule has 5 nitrogen and oxygen atoms in total. The second kappa shape index (κ2) is 8.45. The Balaban J connectivity index is 2.05. The molecule has 1 N–H and O–H groups in total. The average molecular weight is 472 g/mol. The molecule has 0 saturated carbocycles. The number of rotatable bonds is 5. The molecule has 1 aliphatic rings. The maximum atomic E-state index is 13.2. The van der Waals surface area contributed by atoms with Crippen molar-refractivity contribution >= 4 is 23.3 Å². The molecule has 2 aromatic rings. The smallest absolute Gasteiger partial charge is 0.416 e. The van der Waals surface area contributed by atoms with Crippen LogP contribution >= 0.6 is 0 Å². The predicted molar refractivity (Wildman–Crippen MR) is 107 cm³/mol. The van der Waals surface area contributed by atoms with Crippen molar-refractivity contribution in [2.45, 2.75) is 31.7 Å². The van der Waals surface area contributed by atoms with Crippen LogP contribution in [-0.4, -0.2) is 24.0 Å². The number of nitrogens with zero attached hydrogens (tertiary/aromatic N) is 1. The van der Waals surface area contributed by atoms with Gasteiger partial charge in [-0.05, 0) is 56.3 Å². The largest absolute Gasteiger partial charge is 0.464 e. The number of nitrogens with one attached hydrogen (secondary N) is 1. The number of anilines is 2. The number of ether oxygens (including phenoxy) is 1. The molecule has 0 aromatic heterocycles. The Morgan fingerprint density at radius 3 is 2.15 bits per heavy atom.